The molecule has 1 aromatic carbocycles. The third-order valence-corrected chi connectivity index (χ3v) is 6.16. The molecule has 7 heteroatoms. The van der Waals surface area contributed by atoms with Crippen LogP contribution >= 0.6 is 15.9 Å². The Bertz CT molecular complexity index is 653. The Labute approximate surface area is 131 Å². The van der Waals surface area contributed by atoms with Gasteiger partial charge in [-0.15, -0.1) is 0 Å². The number of esters is 1. The van der Waals surface area contributed by atoms with E-state index >= 15 is 0 Å². The number of ether oxygens (including phenoxy) is 1. The lowest BCUT2D eigenvalue weighted by Crippen LogP contribution is -2.22. The van der Waals surface area contributed by atoms with Crippen LogP contribution in [0.15, 0.2) is 22.7 Å². The molecular formula is C14H16BrFO4S. The van der Waals surface area contributed by atoms with Gasteiger partial charge in [-0.2, -0.15) is 0 Å². The zero-order valence-electron chi connectivity index (χ0n) is 11.6. The smallest absolute Gasteiger partial charge is 0.306 e. The van der Waals surface area contributed by atoms with Crippen molar-refractivity contribution in [2.75, 3.05) is 12.9 Å². The van der Waals surface area contributed by atoms with Crippen LogP contribution in [0.1, 0.15) is 24.8 Å². The fraction of sp³-hybridized carbons (Fsp3) is 0.500. The third kappa shape index (κ3) is 4.51. The van der Waals surface area contributed by atoms with Crippen LogP contribution in [-0.2, 0) is 25.1 Å². The molecule has 1 saturated carbocycles. The van der Waals surface area contributed by atoms with E-state index in [0.29, 0.717) is 22.9 Å². The molecule has 21 heavy (non-hydrogen) atoms. The molecule has 0 unspecified atom stereocenters. The van der Waals surface area contributed by atoms with Crippen molar-refractivity contribution in [3.63, 3.8) is 0 Å². The van der Waals surface area contributed by atoms with Gasteiger partial charge in [0.1, 0.15) is 5.82 Å². The quantitative estimate of drug-likeness (QED) is 0.714. The van der Waals surface area contributed by atoms with Crippen molar-refractivity contribution >= 4 is 31.7 Å². The molecule has 2 rings (SSSR count). The highest BCUT2D eigenvalue weighted by atomic mass is 79.9. The standard InChI is InChI=1S/C14H16BrFO4S/c1-20-13(17)7-14(4-5-14)9-21(18,19)8-10-2-3-11(16)6-12(10)15/h2-3,6H,4-5,7-9H2,1H3. The molecule has 116 valence electrons. The molecule has 1 aliphatic rings. The lowest BCUT2D eigenvalue weighted by molar-refractivity contribution is -0.141. The number of halogens is 2. The summed E-state index contributed by atoms with van der Waals surface area (Å²) in [7, 11) is -2.09. The lowest BCUT2D eigenvalue weighted by Gasteiger charge is -2.14. The second kappa shape index (κ2) is 6.04. The van der Waals surface area contributed by atoms with Gasteiger partial charge in [-0.05, 0) is 36.0 Å². The lowest BCUT2D eigenvalue weighted by atomic mass is 10.1. The Morgan fingerprint density at radius 3 is 2.62 bits per heavy atom. The first-order chi connectivity index (χ1) is 9.75. The molecule has 0 saturated heterocycles. The molecule has 0 aliphatic heterocycles. The van der Waals surface area contributed by atoms with Gasteiger partial charge in [-0.3, -0.25) is 4.79 Å². The van der Waals surface area contributed by atoms with Crippen LogP contribution in [0.4, 0.5) is 4.39 Å². The third-order valence-electron chi connectivity index (χ3n) is 3.62. The number of hydrogen-bond donors (Lipinski definition) is 0. The summed E-state index contributed by atoms with van der Waals surface area (Å²) in [5.74, 6) is -1.02. The highest BCUT2D eigenvalue weighted by molar-refractivity contribution is 9.10. The van der Waals surface area contributed by atoms with Gasteiger partial charge in [0.05, 0.1) is 25.0 Å². The molecule has 0 N–H and O–H groups in total. The fourth-order valence-corrected chi connectivity index (χ4v) is 5.15. The molecule has 1 aliphatic carbocycles. The van der Waals surface area contributed by atoms with Crippen molar-refractivity contribution in [2.24, 2.45) is 5.41 Å². The fourth-order valence-electron chi connectivity index (χ4n) is 2.32. The van der Waals surface area contributed by atoms with Gasteiger partial charge >= 0.3 is 5.97 Å². The summed E-state index contributed by atoms with van der Waals surface area (Å²) in [5, 5.41) is 0. The Morgan fingerprint density at radius 2 is 2.10 bits per heavy atom. The summed E-state index contributed by atoms with van der Waals surface area (Å²) < 4.78 is 42.6. The maximum Gasteiger partial charge on any atom is 0.306 e. The summed E-state index contributed by atoms with van der Waals surface area (Å²) >= 11 is 3.17. The predicted octanol–water partition coefficient (Wildman–Crippen LogP) is 2.85. The van der Waals surface area contributed by atoms with Gasteiger partial charge in [0.2, 0.25) is 0 Å². The zero-order valence-corrected chi connectivity index (χ0v) is 14.0. The molecule has 0 heterocycles. The number of carbonyl (C=O) groups excluding carboxylic acids is 1. The van der Waals surface area contributed by atoms with Crippen molar-refractivity contribution in [3.8, 4) is 0 Å². The van der Waals surface area contributed by atoms with Gasteiger partial charge < -0.3 is 4.74 Å². The van der Waals surface area contributed by atoms with Crippen LogP contribution < -0.4 is 0 Å². The Balaban J connectivity index is 2.07. The van der Waals surface area contributed by atoms with E-state index < -0.39 is 21.1 Å². The first-order valence-corrected chi connectivity index (χ1v) is 9.08. The number of carbonyl (C=O) groups is 1. The molecule has 0 atom stereocenters. The molecule has 1 fully saturated rings. The minimum Gasteiger partial charge on any atom is -0.469 e. The molecule has 1 aromatic rings. The predicted molar refractivity (Wildman–Crippen MR) is 79.9 cm³/mol. The van der Waals surface area contributed by atoms with Crippen LogP contribution in [0.25, 0.3) is 0 Å². The van der Waals surface area contributed by atoms with Gasteiger partial charge in [-0.25, -0.2) is 12.8 Å². The Hall–Kier alpha value is -0.950. The summed E-state index contributed by atoms with van der Waals surface area (Å²) in [5.41, 5.74) is 0.0450. The highest BCUT2D eigenvalue weighted by Gasteiger charge is 2.47. The number of benzene rings is 1. The number of sulfone groups is 1. The van der Waals surface area contributed by atoms with Crippen molar-refractivity contribution in [2.45, 2.75) is 25.0 Å². The first kappa shape index (κ1) is 16.4. The second-order valence-corrected chi connectivity index (χ2v) is 8.44. The van der Waals surface area contributed by atoms with Gasteiger partial charge in [0.15, 0.2) is 9.84 Å². The number of rotatable bonds is 6. The molecule has 0 bridgehead atoms. The van der Waals surface area contributed by atoms with E-state index in [1.165, 1.54) is 25.3 Å². The van der Waals surface area contributed by atoms with Crippen LogP contribution in [0.5, 0.6) is 0 Å². The van der Waals surface area contributed by atoms with Crippen LogP contribution in [0, 0.1) is 11.2 Å². The maximum atomic E-state index is 13.0. The largest absolute Gasteiger partial charge is 0.469 e. The molecule has 0 aromatic heterocycles. The van der Waals surface area contributed by atoms with E-state index in [9.17, 15) is 17.6 Å². The number of hydrogen-bond acceptors (Lipinski definition) is 4. The first-order valence-electron chi connectivity index (χ1n) is 6.46. The van der Waals surface area contributed by atoms with Gasteiger partial charge in [-0.1, -0.05) is 22.0 Å². The van der Waals surface area contributed by atoms with E-state index in [1.54, 1.807) is 0 Å². The van der Waals surface area contributed by atoms with Gasteiger partial charge in [0, 0.05) is 4.47 Å². The monoisotopic (exact) mass is 378 g/mol. The summed E-state index contributed by atoms with van der Waals surface area (Å²) in [6, 6.07) is 3.93. The maximum absolute atomic E-state index is 13.0. The van der Waals surface area contributed by atoms with Gasteiger partial charge in [0.25, 0.3) is 0 Å². The van der Waals surface area contributed by atoms with E-state index in [0.717, 1.165) is 0 Å². The molecule has 4 nitrogen and oxygen atoms in total. The number of methoxy groups -OCH3 is 1. The van der Waals surface area contributed by atoms with Crippen molar-refractivity contribution in [1.29, 1.82) is 0 Å². The van der Waals surface area contributed by atoms with Crippen LogP contribution in [0.3, 0.4) is 0 Å². The minimum atomic E-state index is -3.38. The van der Waals surface area contributed by atoms with Crippen molar-refractivity contribution < 1.29 is 22.3 Å². The SMILES string of the molecule is COC(=O)CC1(CS(=O)(=O)Cc2ccc(F)cc2Br)CC1. The van der Waals surface area contributed by atoms with E-state index in [4.69, 9.17) is 0 Å². The molecular weight excluding hydrogens is 363 g/mol. The highest BCUT2D eigenvalue weighted by Crippen LogP contribution is 2.50. The average molecular weight is 379 g/mol. The average Bonchev–Trinajstić information content (AvgIpc) is 3.11. The normalized spacial score (nSPS) is 16.5. The molecule has 0 spiro atoms. The van der Waals surface area contributed by atoms with E-state index in [2.05, 4.69) is 20.7 Å². The van der Waals surface area contributed by atoms with E-state index in [1.807, 2.05) is 0 Å². The van der Waals surface area contributed by atoms with E-state index in [-0.39, 0.29) is 23.9 Å². The molecule has 0 radical (unpaired) electrons. The zero-order chi connectivity index (χ0) is 15.7. The Morgan fingerprint density at radius 1 is 1.43 bits per heavy atom. The summed E-state index contributed by atoms with van der Waals surface area (Å²) in [6.45, 7) is 0. The summed E-state index contributed by atoms with van der Waals surface area (Å²) in [4.78, 5) is 11.3. The second-order valence-electron chi connectivity index (χ2n) is 5.52. The molecule has 0 amide bonds. The van der Waals surface area contributed by atoms with Crippen molar-refractivity contribution in [3.05, 3.63) is 34.1 Å². The minimum absolute atomic E-state index is 0.0427. The topological polar surface area (TPSA) is 60.4 Å². The summed E-state index contributed by atoms with van der Waals surface area (Å²) in [6.07, 6.45) is 1.56. The Kier molecular flexibility index (Phi) is 4.72. The van der Waals surface area contributed by atoms with Crippen LogP contribution in [0.2, 0.25) is 0 Å². The van der Waals surface area contributed by atoms with Crippen LogP contribution in [-0.4, -0.2) is 27.2 Å². The van der Waals surface area contributed by atoms with Crippen molar-refractivity contribution in [1.82, 2.24) is 0 Å².